The van der Waals surface area contributed by atoms with Crippen molar-refractivity contribution in [2.24, 2.45) is 0 Å². The van der Waals surface area contributed by atoms with Crippen LogP contribution in [0.2, 0.25) is 0 Å². The van der Waals surface area contributed by atoms with Crippen LogP contribution in [0.4, 0.5) is 5.95 Å². The number of nitrogens with zero attached hydrogens (tertiary/aromatic N) is 2. The standard InChI is InChI=1S/C7H9N3O2/c1-8-7-9-3-5(4-10-7)6(11)12-2/h3-4H,1-2H3,(H,8,9,10). The largest absolute Gasteiger partial charge is 0.465 e. The van der Waals surface area contributed by atoms with Gasteiger partial charge in [-0.05, 0) is 0 Å². The molecular weight excluding hydrogens is 158 g/mol. The van der Waals surface area contributed by atoms with Gasteiger partial charge in [-0.25, -0.2) is 14.8 Å². The zero-order valence-corrected chi connectivity index (χ0v) is 6.87. The Bertz CT molecular complexity index is 270. The minimum absolute atomic E-state index is 0.344. The average Bonchev–Trinajstić information content (AvgIpc) is 2.17. The first-order valence-electron chi connectivity index (χ1n) is 3.36. The third kappa shape index (κ3) is 1.69. The number of anilines is 1. The van der Waals surface area contributed by atoms with E-state index < -0.39 is 5.97 Å². The Hall–Kier alpha value is -1.65. The highest BCUT2D eigenvalue weighted by Crippen LogP contribution is 2.00. The van der Waals surface area contributed by atoms with Gasteiger partial charge in [0.15, 0.2) is 0 Å². The first-order chi connectivity index (χ1) is 5.77. The molecule has 0 fully saturated rings. The lowest BCUT2D eigenvalue weighted by Crippen LogP contribution is -2.04. The molecule has 5 nitrogen and oxygen atoms in total. The van der Waals surface area contributed by atoms with Crippen LogP contribution in [0.25, 0.3) is 0 Å². The molecule has 0 aromatic carbocycles. The fourth-order valence-electron chi connectivity index (χ4n) is 0.680. The Labute approximate surface area is 69.8 Å². The Morgan fingerprint density at radius 3 is 2.50 bits per heavy atom. The van der Waals surface area contributed by atoms with Crippen molar-refractivity contribution in [3.05, 3.63) is 18.0 Å². The van der Waals surface area contributed by atoms with Gasteiger partial charge in [-0.15, -0.1) is 0 Å². The Kier molecular flexibility index (Phi) is 2.57. The van der Waals surface area contributed by atoms with Crippen LogP contribution >= 0.6 is 0 Å². The van der Waals surface area contributed by atoms with Crippen molar-refractivity contribution in [2.75, 3.05) is 19.5 Å². The number of nitrogens with one attached hydrogen (secondary N) is 1. The minimum atomic E-state index is -0.433. The van der Waals surface area contributed by atoms with Crippen molar-refractivity contribution >= 4 is 11.9 Å². The van der Waals surface area contributed by atoms with Gasteiger partial charge in [-0.2, -0.15) is 0 Å². The summed E-state index contributed by atoms with van der Waals surface area (Å²) in [5.41, 5.74) is 0.344. The second-order valence-electron chi connectivity index (χ2n) is 2.04. The maximum Gasteiger partial charge on any atom is 0.341 e. The summed E-state index contributed by atoms with van der Waals surface area (Å²) in [5, 5.41) is 2.74. The minimum Gasteiger partial charge on any atom is -0.465 e. The van der Waals surface area contributed by atoms with Crippen LogP contribution in [0.3, 0.4) is 0 Å². The number of esters is 1. The molecule has 0 spiro atoms. The summed E-state index contributed by atoms with van der Waals surface area (Å²) in [7, 11) is 3.02. The Balaban J connectivity index is 2.84. The second kappa shape index (κ2) is 3.66. The summed E-state index contributed by atoms with van der Waals surface area (Å²) in [6, 6.07) is 0. The monoisotopic (exact) mass is 167 g/mol. The van der Waals surface area contributed by atoms with Gasteiger partial charge in [0.2, 0.25) is 5.95 Å². The van der Waals surface area contributed by atoms with E-state index in [1.807, 2.05) is 0 Å². The summed E-state index contributed by atoms with van der Waals surface area (Å²) in [6.07, 6.45) is 2.81. The van der Waals surface area contributed by atoms with Crippen molar-refractivity contribution in [1.82, 2.24) is 9.97 Å². The molecule has 0 saturated carbocycles. The average molecular weight is 167 g/mol. The highest BCUT2D eigenvalue weighted by Gasteiger charge is 2.05. The Morgan fingerprint density at radius 2 is 2.08 bits per heavy atom. The van der Waals surface area contributed by atoms with E-state index in [0.29, 0.717) is 11.5 Å². The molecular formula is C7H9N3O2. The highest BCUT2D eigenvalue weighted by molar-refractivity contribution is 5.88. The predicted octanol–water partition coefficient (Wildman–Crippen LogP) is 0.305. The van der Waals surface area contributed by atoms with Crippen LogP contribution in [0.5, 0.6) is 0 Å². The van der Waals surface area contributed by atoms with Gasteiger partial charge in [0.05, 0.1) is 12.7 Å². The van der Waals surface area contributed by atoms with Gasteiger partial charge in [-0.3, -0.25) is 0 Å². The smallest absolute Gasteiger partial charge is 0.341 e. The number of rotatable bonds is 2. The van der Waals surface area contributed by atoms with Crippen LogP contribution < -0.4 is 5.32 Å². The normalized spacial score (nSPS) is 9.17. The molecule has 0 radical (unpaired) electrons. The SMILES string of the molecule is CNc1ncc(C(=O)OC)cn1. The third-order valence-corrected chi connectivity index (χ3v) is 1.30. The van der Waals surface area contributed by atoms with E-state index in [-0.39, 0.29) is 0 Å². The summed E-state index contributed by atoms with van der Waals surface area (Å²) in [5.74, 6) is 0.0420. The zero-order valence-electron chi connectivity index (χ0n) is 6.87. The number of carbonyl (C=O) groups excluding carboxylic acids is 1. The highest BCUT2D eigenvalue weighted by atomic mass is 16.5. The molecule has 1 rings (SSSR count). The lowest BCUT2D eigenvalue weighted by molar-refractivity contribution is 0.0600. The molecule has 0 aliphatic carbocycles. The molecule has 0 atom stereocenters. The van der Waals surface area contributed by atoms with E-state index in [4.69, 9.17) is 0 Å². The van der Waals surface area contributed by atoms with Crippen molar-refractivity contribution in [3.63, 3.8) is 0 Å². The van der Waals surface area contributed by atoms with Gasteiger partial charge < -0.3 is 10.1 Å². The summed E-state index contributed by atoms with van der Waals surface area (Å²) < 4.78 is 4.47. The number of hydrogen-bond donors (Lipinski definition) is 1. The van der Waals surface area contributed by atoms with Gasteiger partial charge in [-0.1, -0.05) is 0 Å². The molecule has 1 heterocycles. The predicted molar refractivity (Wildman–Crippen MR) is 42.9 cm³/mol. The topological polar surface area (TPSA) is 64.1 Å². The molecule has 64 valence electrons. The first-order valence-corrected chi connectivity index (χ1v) is 3.36. The van der Waals surface area contributed by atoms with Crippen LogP contribution in [0.15, 0.2) is 12.4 Å². The van der Waals surface area contributed by atoms with E-state index in [1.54, 1.807) is 7.05 Å². The van der Waals surface area contributed by atoms with Crippen molar-refractivity contribution < 1.29 is 9.53 Å². The van der Waals surface area contributed by atoms with Crippen LogP contribution in [0.1, 0.15) is 10.4 Å². The van der Waals surface area contributed by atoms with Crippen LogP contribution in [-0.4, -0.2) is 30.1 Å². The number of methoxy groups -OCH3 is 1. The fourth-order valence-corrected chi connectivity index (χ4v) is 0.680. The third-order valence-electron chi connectivity index (χ3n) is 1.30. The molecule has 0 saturated heterocycles. The quantitative estimate of drug-likeness (QED) is 0.642. The van der Waals surface area contributed by atoms with E-state index in [9.17, 15) is 4.79 Å². The molecule has 1 aromatic rings. The Morgan fingerprint density at radius 1 is 1.50 bits per heavy atom. The molecule has 1 N–H and O–H groups in total. The lowest BCUT2D eigenvalue weighted by atomic mass is 10.3. The van der Waals surface area contributed by atoms with Gasteiger partial charge >= 0.3 is 5.97 Å². The van der Waals surface area contributed by atoms with Gasteiger partial charge in [0, 0.05) is 19.4 Å². The van der Waals surface area contributed by atoms with Crippen LogP contribution in [-0.2, 0) is 4.74 Å². The number of hydrogen-bond acceptors (Lipinski definition) is 5. The van der Waals surface area contributed by atoms with Crippen LogP contribution in [0, 0.1) is 0 Å². The van der Waals surface area contributed by atoms with E-state index in [0.717, 1.165) is 0 Å². The van der Waals surface area contributed by atoms with Gasteiger partial charge in [0.25, 0.3) is 0 Å². The maximum atomic E-state index is 10.9. The molecule has 0 aliphatic heterocycles. The summed E-state index contributed by atoms with van der Waals surface area (Å²) in [4.78, 5) is 18.6. The fraction of sp³-hybridized carbons (Fsp3) is 0.286. The molecule has 12 heavy (non-hydrogen) atoms. The zero-order chi connectivity index (χ0) is 8.97. The van der Waals surface area contributed by atoms with E-state index in [2.05, 4.69) is 20.0 Å². The number of aromatic nitrogens is 2. The molecule has 1 aromatic heterocycles. The molecule has 0 amide bonds. The number of carbonyl (C=O) groups is 1. The summed E-state index contributed by atoms with van der Waals surface area (Å²) in [6.45, 7) is 0. The second-order valence-corrected chi connectivity index (χ2v) is 2.04. The molecule has 0 aliphatic rings. The lowest BCUT2D eigenvalue weighted by Gasteiger charge is -1.99. The first kappa shape index (κ1) is 8.45. The molecule has 0 bridgehead atoms. The van der Waals surface area contributed by atoms with E-state index >= 15 is 0 Å². The number of ether oxygens (including phenoxy) is 1. The maximum absolute atomic E-state index is 10.9. The van der Waals surface area contributed by atoms with Gasteiger partial charge in [0.1, 0.15) is 0 Å². The summed E-state index contributed by atoms with van der Waals surface area (Å²) >= 11 is 0. The van der Waals surface area contributed by atoms with Crippen molar-refractivity contribution in [1.29, 1.82) is 0 Å². The molecule has 0 unspecified atom stereocenters. The van der Waals surface area contributed by atoms with Crippen molar-refractivity contribution in [3.8, 4) is 0 Å². The van der Waals surface area contributed by atoms with E-state index in [1.165, 1.54) is 19.5 Å². The molecule has 5 heteroatoms. The van der Waals surface area contributed by atoms with Crippen molar-refractivity contribution in [2.45, 2.75) is 0 Å².